The van der Waals surface area contributed by atoms with Gasteiger partial charge in [0.15, 0.2) is 17.6 Å². The quantitative estimate of drug-likeness (QED) is 0.820. The molecule has 0 aromatic rings. The van der Waals surface area contributed by atoms with E-state index in [1.165, 1.54) is 12.5 Å². The molecule has 24 heavy (non-hydrogen) atoms. The highest BCUT2D eigenvalue weighted by Crippen LogP contribution is 2.26. The molecule has 130 valence electrons. The maximum Gasteiger partial charge on any atom is 0.408 e. The van der Waals surface area contributed by atoms with Crippen LogP contribution in [-0.2, 0) is 19.0 Å². The number of alkyl carbamates (subject to hydrolysis) is 1. The summed E-state index contributed by atoms with van der Waals surface area (Å²) in [7, 11) is 0. The molecule has 1 heterocycles. The van der Waals surface area contributed by atoms with Crippen LogP contribution in [0.3, 0.4) is 0 Å². The molecule has 2 rings (SSSR count). The molecule has 7 heteroatoms. The normalized spacial score (nSPS) is 18.2. The summed E-state index contributed by atoms with van der Waals surface area (Å²) in [5, 5.41) is 11.5. The first-order valence-electron chi connectivity index (χ1n) is 7.58. The van der Waals surface area contributed by atoms with E-state index in [-0.39, 0.29) is 5.76 Å². The molecule has 0 fully saturated rings. The van der Waals surface area contributed by atoms with Crippen LogP contribution in [0.25, 0.3) is 0 Å². The lowest BCUT2D eigenvalue weighted by molar-refractivity contribution is -0.139. The van der Waals surface area contributed by atoms with Crippen molar-refractivity contribution in [1.82, 2.24) is 5.32 Å². The Morgan fingerprint density at radius 1 is 1.29 bits per heavy atom. The summed E-state index contributed by atoms with van der Waals surface area (Å²) in [5.74, 6) is -0.805. The van der Waals surface area contributed by atoms with Crippen LogP contribution in [-0.4, -0.2) is 28.8 Å². The number of aliphatic carboxylic acids is 1. The zero-order chi connectivity index (χ0) is 17.7. The third-order valence-corrected chi connectivity index (χ3v) is 3.13. The second-order valence-electron chi connectivity index (χ2n) is 6.31. The van der Waals surface area contributed by atoms with E-state index in [4.69, 9.17) is 14.2 Å². The van der Waals surface area contributed by atoms with E-state index >= 15 is 0 Å². The minimum absolute atomic E-state index is 0.0379. The second kappa shape index (κ2) is 7.25. The van der Waals surface area contributed by atoms with Gasteiger partial charge in [0.2, 0.25) is 0 Å². The lowest BCUT2D eigenvalue weighted by Crippen LogP contribution is -2.45. The molecular formula is C17H21NO6. The molecule has 0 aromatic carbocycles. The molecule has 1 aliphatic heterocycles. The van der Waals surface area contributed by atoms with Crippen molar-refractivity contribution in [1.29, 1.82) is 0 Å². The Morgan fingerprint density at radius 2 is 2.04 bits per heavy atom. The molecule has 0 radical (unpaired) electrons. The third kappa shape index (κ3) is 4.91. The topological polar surface area (TPSA) is 94.1 Å². The molecule has 1 atom stereocenters. The number of carbonyl (C=O) groups is 2. The first kappa shape index (κ1) is 17.7. The van der Waals surface area contributed by atoms with E-state index < -0.39 is 23.7 Å². The molecule has 2 N–H and O–H groups in total. The van der Waals surface area contributed by atoms with Gasteiger partial charge in [-0.2, -0.15) is 0 Å². The molecule has 0 aromatic heterocycles. The fourth-order valence-electron chi connectivity index (χ4n) is 2.07. The Kier molecular flexibility index (Phi) is 5.33. The van der Waals surface area contributed by atoms with Crippen molar-refractivity contribution >= 4 is 12.1 Å². The summed E-state index contributed by atoms with van der Waals surface area (Å²) >= 11 is 0. The van der Waals surface area contributed by atoms with E-state index in [1.807, 2.05) is 18.2 Å². The van der Waals surface area contributed by atoms with Gasteiger partial charge in [0, 0.05) is 0 Å². The molecule has 0 saturated carbocycles. The van der Waals surface area contributed by atoms with E-state index in [0.29, 0.717) is 5.76 Å². The lowest BCUT2D eigenvalue weighted by atomic mass is 10.0. The lowest BCUT2D eigenvalue weighted by Gasteiger charge is -2.24. The van der Waals surface area contributed by atoms with E-state index in [2.05, 4.69) is 5.32 Å². The zero-order valence-corrected chi connectivity index (χ0v) is 13.9. The second-order valence-corrected chi connectivity index (χ2v) is 6.31. The van der Waals surface area contributed by atoms with Crippen LogP contribution in [0.2, 0.25) is 0 Å². The third-order valence-electron chi connectivity index (χ3n) is 3.13. The van der Waals surface area contributed by atoms with Gasteiger partial charge in [-0.1, -0.05) is 18.2 Å². The van der Waals surface area contributed by atoms with Crippen molar-refractivity contribution in [2.24, 2.45) is 0 Å². The Bertz CT molecular complexity index is 636. The average molecular weight is 335 g/mol. The molecule has 2 aliphatic rings. The van der Waals surface area contributed by atoms with Gasteiger partial charge < -0.3 is 24.6 Å². The molecule has 7 nitrogen and oxygen atoms in total. The van der Waals surface area contributed by atoms with Crippen molar-refractivity contribution in [3.05, 3.63) is 47.8 Å². The number of nitrogens with one attached hydrogen (secondary N) is 1. The highest BCUT2D eigenvalue weighted by atomic mass is 16.6. The fraction of sp³-hybridized carbons (Fsp3) is 0.412. The van der Waals surface area contributed by atoms with Crippen LogP contribution in [0.15, 0.2) is 47.8 Å². The van der Waals surface area contributed by atoms with Gasteiger partial charge in [-0.15, -0.1) is 0 Å². The summed E-state index contributed by atoms with van der Waals surface area (Å²) in [4.78, 5) is 23.2. The number of hydrogen-bond donors (Lipinski definition) is 2. The van der Waals surface area contributed by atoms with Gasteiger partial charge in [-0.05, 0) is 39.2 Å². The van der Waals surface area contributed by atoms with Crippen LogP contribution in [0.4, 0.5) is 4.79 Å². The van der Waals surface area contributed by atoms with Gasteiger partial charge >= 0.3 is 12.1 Å². The van der Waals surface area contributed by atoms with E-state index in [1.54, 1.807) is 20.8 Å². The van der Waals surface area contributed by atoms with Crippen molar-refractivity contribution in [3.63, 3.8) is 0 Å². The molecule has 1 amide bonds. The van der Waals surface area contributed by atoms with Crippen molar-refractivity contribution in [2.45, 2.75) is 45.3 Å². The molecular weight excluding hydrogens is 314 g/mol. The van der Waals surface area contributed by atoms with Crippen LogP contribution in [0.1, 0.15) is 33.6 Å². The monoisotopic (exact) mass is 335 g/mol. The fourth-order valence-corrected chi connectivity index (χ4v) is 2.07. The highest BCUT2D eigenvalue weighted by molar-refractivity contribution is 5.82. The Morgan fingerprint density at radius 3 is 2.54 bits per heavy atom. The molecule has 0 bridgehead atoms. The number of amides is 1. The van der Waals surface area contributed by atoms with E-state index in [0.717, 1.165) is 18.4 Å². The van der Waals surface area contributed by atoms with Gasteiger partial charge in [-0.25, -0.2) is 9.59 Å². The average Bonchev–Trinajstić information content (AvgIpc) is 2.52. The van der Waals surface area contributed by atoms with Crippen molar-refractivity contribution in [2.75, 3.05) is 0 Å². The van der Waals surface area contributed by atoms with Gasteiger partial charge in [0.25, 0.3) is 0 Å². The van der Waals surface area contributed by atoms with Gasteiger partial charge in [-0.3, -0.25) is 0 Å². The summed E-state index contributed by atoms with van der Waals surface area (Å²) in [6.07, 6.45) is 9.26. The first-order chi connectivity index (χ1) is 11.3. The van der Waals surface area contributed by atoms with Crippen LogP contribution < -0.4 is 5.32 Å². The summed E-state index contributed by atoms with van der Waals surface area (Å²) in [5.41, 5.74) is 0.222. The molecule has 0 spiro atoms. The Labute approximate surface area is 140 Å². The molecule has 0 saturated heterocycles. The van der Waals surface area contributed by atoms with Crippen LogP contribution in [0.5, 0.6) is 0 Å². The van der Waals surface area contributed by atoms with Gasteiger partial charge in [0.1, 0.15) is 18.1 Å². The summed E-state index contributed by atoms with van der Waals surface area (Å²) in [6.45, 7) is 5.05. The summed E-state index contributed by atoms with van der Waals surface area (Å²) < 4.78 is 15.9. The Balaban J connectivity index is 2.01. The smallest absolute Gasteiger partial charge is 0.408 e. The Hall–Kier alpha value is -2.70. The number of hydrogen-bond acceptors (Lipinski definition) is 5. The minimum atomic E-state index is -1.40. The predicted octanol–water partition coefficient (Wildman–Crippen LogP) is 2.97. The maximum absolute atomic E-state index is 11.8. The first-order valence-corrected chi connectivity index (χ1v) is 7.58. The zero-order valence-electron chi connectivity index (χ0n) is 13.9. The maximum atomic E-state index is 11.8. The predicted molar refractivity (Wildman–Crippen MR) is 85.6 cm³/mol. The SMILES string of the molecule is CC(C)(C)OC(=O)NC(C(=O)O)C1=COC(C2=CC=CCC2)=CO1. The van der Waals surface area contributed by atoms with Crippen molar-refractivity contribution < 1.29 is 28.9 Å². The standard InChI is InChI=1S/C17H21NO6/c1-17(2,3)24-16(21)18-14(15(19)20)13-10-22-12(9-23-13)11-7-5-4-6-8-11/h4-5,7,9-10,14H,6,8H2,1-3H3,(H,18,21)(H,19,20). The highest BCUT2D eigenvalue weighted by Gasteiger charge is 2.30. The number of ether oxygens (including phenoxy) is 3. The van der Waals surface area contributed by atoms with Crippen molar-refractivity contribution in [3.8, 4) is 0 Å². The largest absolute Gasteiger partial charge is 0.479 e. The van der Waals surface area contributed by atoms with Crippen LogP contribution in [0, 0.1) is 0 Å². The number of rotatable bonds is 4. The molecule has 1 unspecified atom stereocenters. The number of allylic oxidation sites excluding steroid dienone is 4. The summed E-state index contributed by atoms with van der Waals surface area (Å²) in [6, 6.07) is -1.40. The number of carboxylic acids is 1. The van der Waals surface area contributed by atoms with E-state index in [9.17, 15) is 14.7 Å². The van der Waals surface area contributed by atoms with Crippen LogP contribution >= 0.6 is 0 Å². The number of carboxylic acid groups (broad SMARTS) is 1. The minimum Gasteiger partial charge on any atom is -0.479 e. The number of carbonyl (C=O) groups excluding carboxylic acids is 1. The molecule has 1 aliphatic carbocycles. The van der Waals surface area contributed by atoms with Gasteiger partial charge in [0.05, 0.1) is 0 Å².